The number of hydrogen-bond acceptors (Lipinski definition) is 5. The molecule has 0 saturated carbocycles. The molecule has 0 spiro atoms. The summed E-state index contributed by atoms with van der Waals surface area (Å²) >= 11 is 5.01. The smallest absolute Gasteiger partial charge is 0.234 e. The molecule has 0 amide bonds. The van der Waals surface area contributed by atoms with E-state index in [1.165, 1.54) is 6.21 Å². The molecule has 0 fully saturated rings. The molecule has 2 heterocycles. The molecule has 0 unspecified atom stereocenters. The van der Waals surface area contributed by atoms with Gasteiger partial charge in [0.05, 0.1) is 17.4 Å². The lowest BCUT2D eigenvalue weighted by molar-refractivity contribution is 0.459. The lowest BCUT2D eigenvalue weighted by Gasteiger charge is -1.95. The first-order valence-corrected chi connectivity index (χ1v) is 7.10. The van der Waals surface area contributed by atoms with Crippen LogP contribution in [0.2, 0.25) is 0 Å². The maximum Gasteiger partial charge on any atom is 0.234 e. The Morgan fingerprint density at radius 3 is 2.87 bits per heavy atom. The summed E-state index contributed by atoms with van der Waals surface area (Å²) < 4.78 is 0. The summed E-state index contributed by atoms with van der Waals surface area (Å²) in [6.07, 6.45) is 3.18. The molecule has 8 heteroatoms. The minimum atomic E-state index is -0.0604. The first kappa shape index (κ1) is 14.8. The number of para-hydroxylation sites is 1. The number of fused-ring (bicyclic) bond motifs is 1. The van der Waals surface area contributed by atoms with E-state index in [0.29, 0.717) is 11.4 Å². The molecule has 114 valence electrons. The second-order valence-corrected chi connectivity index (χ2v) is 4.88. The van der Waals surface area contributed by atoms with Gasteiger partial charge in [-0.05, 0) is 30.4 Å². The molecule has 0 atom stereocenters. The summed E-state index contributed by atoms with van der Waals surface area (Å²) in [6.45, 7) is 0. The van der Waals surface area contributed by atoms with E-state index in [2.05, 4.69) is 30.7 Å². The van der Waals surface area contributed by atoms with Gasteiger partial charge < -0.3 is 10.1 Å². The van der Waals surface area contributed by atoms with Crippen LogP contribution >= 0.6 is 12.2 Å². The van der Waals surface area contributed by atoms with Crippen molar-refractivity contribution in [3.05, 3.63) is 54.4 Å². The van der Waals surface area contributed by atoms with Crippen molar-refractivity contribution in [2.24, 2.45) is 15.3 Å². The highest BCUT2D eigenvalue weighted by Gasteiger charge is 2.09. The Balaban J connectivity index is 1.68. The van der Waals surface area contributed by atoms with Gasteiger partial charge >= 0.3 is 0 Å². The minimum absolute atomic E-state index is 0.0604. The average molecular weight is 324 g/mol. The van der Waals surface area contributed by atoms with E-state index >= 15 is 0 Å². The van der Waals surface area contributed by atoms with Crippen molar-refractivity contribution >= 4 is 40.1 Å². The van der Waals surface area contributed by atoms with Crippen LogP contribution in [0, 0.1) is 0 Å². The van der Waals surface area contributed by atoms with Gasteiger partial charge in [-0.1, -0.05) is 24.3 Å². The third-order valence-corrected chi connectivity index (χ3v) is 3.12. The molecule has 1 aromatic carbocycles. The van der Waals surface area contributed by atoms with Crippen molar-refractivity contribution in [3.63, 3.8) is 0 Å². The summed E-state index contributed by atoms with van der Waals surface area (Å²) in [7, 11) is 0. The Morgan fingerprint density at radius 2 is 2.04 bits per heavy atom. The highest BCUT2D eigenvalue weighted by Crippen LogP contribution is 2.35. The lowest BCUT2D eigenvalue weighted by Crippen LogP contribution is -2.11. The highest BCUT2D eigenvalue weighted by atomic mass is 32.1. The Morgan fingerprint density at radius 1 is 1.22 bits per heavy atom. The zero-order chi connectivity index (χ0) is 16.1. The predicted octanol–water partition coefficient (Wildman–Crippen LogP) is 3.26. The van der Waals surface area contributed by atoms with Gasteiger partial charge in [0.25, 0.3) is 0 Å². The number of azo groups is 1. The lowest BCUT2D eigenvalue weighted by atomic mass is 10.2. The summed E-state index contributed by atoms with van der Waals surface area (Å²) in [5.41, 5.74) is 4.36. The Labute approximate surface area is 136 Å². The molecular weight excluding hydrogens is 312 g/mol. The fourth-order valence-electron chi connectivity index (χ4n) is 1.94. The molecule has 0 aliphatic heterocycles. The normalized spacial score (nSPS) is 11.5. The van der Waals surface area contributed by atoms with E-state index in [1.54, 1.807) is 12.3 Å². The summed E-state index contributed by atoms with van der Waals surface area (Å²) in [6, 6.07) is 12.8. The summed E-state index contributed by atoms with van der Waals surface area (Å²) in [5, 5.41) is 22.4. The molecule has 2 aromatic heterocycles. The van der Waals surface area contributed by atoms with Crippen molar-refractivity contribution in [3.8, 4) is 5.88 Å². The number of pyridine rings is 1. The van der Waals surface area contributed by atoms with Crippen LogP contribution < -0.4 is 5.43 Å². The van der Waals surface area contributed by atoms with Crippen molar-refractivity contribution in [2.75, 3.05) is 0 Å². The molecule has 0 radical (unpaired) electrons. The molecule has 0 aliphatic rings. The fourth-order valence-corrected chi connectivity index (χ4v) is 2.03. The molecule has 3 N–H and O–H groups in total. The Hall–Kier alpha value is -3.13. The molecule has 3 aromatic rings. The number of aromatic amines is 1. The van der Waals surface area contributed by atoms with Crippen LogP contribution in [0.4, 0.5) is 5.69 Å². The van der Waals surface area contributed by atoms with E-state index in [9.17, 15) is 5.11 Å². The molecule has 23 heavy (non-hydrogen) atoms. The number of aromatic hydroxyl groups is 1. The molecule has 0 bridgehead atoms. The monoisotopic (exact) mass is 324 g/mol. The Bertz CT molecular complexity index is 887. The molecule has 0 saturated heterocycles. The summed E-state index contributed by atoms with van der Waals surface area (Å²) in [4.78, 5) is 6.90. The van der Waals surface area contributed by atoms with E-state index < -0.39 is 0 Å². The van der Waals surface area contributed by atoms with E-state index in [4.69, 9.17) is 12.2 Å². The molecule has 7 nitrogen and oxygen atoms in total. The van der Waals surface area contributed by atoms with E-state index in [-0.39, 0.29) is 11.0 Å². The molecule has 0 aliphatic carbocycles. The van der Waals surface area contributed by atoms with Gasteiger partial charge in [0.1, 0.15) is 0 Å². The number of H-pyrrole nitrogens is 1. The maximum absolute atomic E-state index is 9.86. The number of thiocarbonyl (C=S) groups is 1. The van der Waals surface area contributed by atoms with Crippen LogP contribution in [-0.4, -0.2) is 26.4 Å². The number of hydrazone groups is 1. The first-order valence-electron chi connectivity index (χ1n) is 6.69. The highest BCUT2D eigenvalue weighted by molar-refractivity contribution is 7.80. The van der Waals surface area contributed by atoms with Crippen molar-refractivity contribution in [1.29, 1.82) is 0 Å². The topological polar surface area (TPSA) is 98.0 Å². The number of nitrogens with zero attached hydrogens (tertiary/aromatic N) is 4. The van der Waals surface area contributed by atoms with Gasteiger partial charge in [-0.3, -0.25) is 10.4 Å². The fraction of sp³-hybridized carbons (Fsp3) is 0. The Kier molecular flexibility index (Phi) is 4.34. The van der Waals surface area contributed by atoms with Crippen LogP contribution in [0.25, 0.3) is 10.9 Å². The van der Waals surface area contributed by atoms with Crippen molar-refractivity contribution in [1.82, 2.24) is 15.4 Å². The zero-order valence-electron chi connectivity index (χ0n) is 11.8. The van der Waals surface area contributed by atoms with E-state index in [1.807, 2.05) is 36.4 Å². The van der Waals surface area contributed by atoms with E-state index in [0.717, 1.165) is 10.9 Å². The van der Waals surface area contributed by atoms with Crippen LogP contribution in [-0.2, 0) is 0 Å². The van der Waals surface area contributed by atoms with Gasteiger partial charge in [-0.25, -0.2) is 0 Å². The summed E-state index contributed by atoms with van der Waals surface area (Å²) in [5.74, 6) is -0.0604. The third kappa shape index (κ3) is 3.55. The average Bonchev–Trinajstić information content (AvgIpc) is 2.89. The van der Waals surface area contributed by atoms with Crippen LogP contribution in [0.5, 0.6) is 5.88 Å². The van der Waals surface area contributed by atoms with Crippen LogP contribution in [0.15, 0.2) is 64.0 Å². The maximum atomic E-state index is 9.86. The zero-order valence-corrected chi connectivity index (χ0v) is 12.7. The minimum Gasteiger partial charge on any atom is -0.493 e. The molecule has 3 rings (SSSR count). The quantitative estimate of drug-likeness (QED) is 0.298. The van der Waals surface area contributed by atoms with Crippen LogP contribution in [0.3, 0.4) is 0 Å². The standard InChI is InChI=1S/C15H12N6OS/c22-14-13(11-6-1-2-7-12(11)18-14)19-21-15(23)20-17-9-10-5-3-4-8-16-10/h1-9,18,22H,(H,20,23)/b17-9+,21-19?. The third-order valence-electron chi connectivity index (χ3n) is 2.95. The SMILES string of the molecule is Oc1[nH]c2ccccc2c1N=NC(=S)N/N=C/c1ccccn1. The van der Waals surface area contributed by atoms with Gasteiger partial charge in [0.15, 0.2) is 5.69 Å². The second-order valence-electron chi connectivity index (χ2n) is 4.50. The largest absolute Gasteiger partial charge is 0.493 e. The first-order chi connectivity index (χ1) is 11.2. The number of rotatable bonds is 3. The number of hydrogen-bond donors (Lipinski definition) is 3. The van der Waals surface area contributed by atoms with Gasteiger partial charge in [0.2, 0.25) is 11.0 Å². The van der Waals surface area contributed by atoms with Crippen molar-refractivity contribution in [2.45, 2.75) is 0 Å². The predicted molar refractivity (Wildman–Crippen MR) is 92.0 cm³/mol. The number of nitrogens with one attached hydrogen (secondary N) is 2. The molecular formula is C15H12N6OS. The van der Waals surface area contributed by atoms with Gasteiger partial charge in [0, 0.05) is 11.6 Å². The van der Waals surface area contributed by atoms with Crippen LogP contribution in [0.1, 0.15) is 5.69 Å². The second kappa shape index (κ2) is 6.75. The van der Waals surface area contributed by atoms with Crippen molar-refractivity contribution < 1.29 is 5.11 Å². The van der Waals surface area contributed by atoms with Gasteiger partial charge in [-0.2, -0.15) is 5.10 Å². The van der Waals surface area contributed by atoms with Gasteiger partial charge in [-0.15, -0.1) is 10.2 Å². The number of benzene rings is 1. The number of aromatic nitrogens is 2.